The van der Waals surface area contributed by atoms with Gasteiger partial charge in [-0.05, 0) is 42.5 Å². The van der Waals surface area contributed by atoms with E-state index in [4.69, 9.17) is 5.11 Å². The van der Waals surface area contributed by atoms with Gasteiger partial charge in [0.25, 0.3) is 5.91 Å². The van der Waals surface area contributed by atoms with E-state index < -0.39 is 5.97 Å². The average molecular weight is 394 g/mol. The second-order valence-corrected chi connectivity index (χ2v) is 7.41. The van der Waals surface area contributed by atoms with Crippen LogP contribution in [-0.4, -0.2) is 40.4 Å². The number of carboxylic acids is 1. The Balaban J connectivity index is 1.61. The maximum Gasteiger partial charge on any atom is 0.303 e. The molecule has 0 radical (unpaired) electrons. The van der Waals surface area contributed by atoms with Crippen molar-refractivity contribution in [2.24, 2.45) is 0 Å². The Hall–Kier alpha value is -3.15. The minimum Gasteiger partial charge on any atom is -0.481 e. The first-order chi connectivity index (χ1) is 14.0. The average Bonchev–Trinajstić information content (AvgIpc) is 3.12. The van der Waals surface area contributed by atoms with Crippen LogP contribution in [0.15, 0.2) is 54.6 Å². The molecule has 1 unspecified atom stereocenters. The van der Waals surface area contributed by atoms with Crippen LogP contribution in [0.1, 0.15) is 47.2 Å². The molecule has 0 bridgehead atoms. The van der Waals surface area contributed by atoms with Gasteiger partial charge in [0, 0.05) is 37.5 Å². The van der Waals surface area contributed by atoms with Gasteiger partial charge in [0.2, 0.25) is 5.91 Å². The monoisotopic (exact) mass is 394 g/mol. The third-order valence-corrected chi connectivity index (χ3v) is 5.13. The summed E-state index contributed by atoms with van der Waals surface area (Å²) < 4.78 is 0. The zero-order chi connectivity index (χ0) is 20.6. The smallest absolute Gasteiger partial charge is 0.303 e. The molecule has 1 heterocycles. The number of rotatable bonds is 9. The molecule has 3 rings (SSSR count). The molecule has 6 nitrogen and oxygen atoms in total. The Morgan fingerprint density at radius 3 is 2.38 bits per heavy atom. The molecule has 2 aromatic rings. The number of likely N-dealkylation sites (tertiary alicyclic amines) is 1. The molecule has 2 N–H and O–H groups in total. The predicted molar refractivity (Wildman–Crippen MR) is 109 cm³/mol. The van der Waals surface area contributed by atoms with Gasteiger partial charge in [-0.25, -0.2) is 0 Å². The summed E-state index contributed by atoms with van der Waals surface area (Å²) >= 11 is 0. The van der Waals surface area contributed by atoms with Crippen LogP contribution in [0, 0.1) is 0 Å². The molecule has 152 valence electrons. The van der Waals surface area contributed by atoms with E-state index in [2.05, 4.69) is 5.32 Å². The molecular formula is C23H26N2O4. The highest BCUT2D eigenvalue weighted by Crippen LogP contribution is 2.15. The van der Waals surface area contributed by atoms with Crippen molar-refractivity contribution >= 4 is 17.8 Å². The van der Waals surface area contributed by atoms with E-state index in [0.29, 0.717) is 31.4 Å². The van der Waals surface area contributed by atoms with E-state index in [1.807, 2.05) is 47.4 Å². The zero-order valence-corrected chi connectivity index (χ0v) is 16.3. The van der Waals surface area contributed by atoms with Gasteiger partial charge in [-0.3, -0.25) is 14.4 Å². The molecule has 29 heavy (non-hydrogen) atoms. The van der Waals surface area contributed by atoms with Crippen LogP contribution in [0.5, 0.6) is 0 Å². The second kappa shape index (κ2) is 9.87. The number of amides is 2. The predicted octanol–water partition coefficient (Wildman–Crippen LogP) is 3.01. The lowest BCUT2D eigenvalue weighted by molar-refractivity contribution is -0.137. The van der Waals surface area contributed by atoms with Crippen molar-refractivity contribution in [3.63, 3.8) is 0 Å². The Morgan fingerprint density at radius 1 is 1.03 bits per heavy atom. The van der Waals surface area contributed by atoms with Crippen molar-refractivity contribution in [2.75, 3.05) is 6.54 Å². The first-order valence-electron chi connectivity index (χ1n) is 9.94. The fourth-order valence-electron chi connectivity index (χ4n) is 3.54. The fraction of sp³-hybridized carbons (Fsp3) is 0.348. The van der Waals surface area contributed by atoms with Crippen molar-refractivity contribution in [1.29, 1.82) is 0 Å². The van der Waals surface area contributed by atoms with Crippen LogP contribution in [0.4, 0.5) is 0 Å². The lowest BCUT2D eigenvalue weighted by Crippen LogP contribution is -2.37. The van der Waals surface area contributed by atoms with E-state index in [-0.39, 0.29) is 24.3 Å². The number of carboxylic acid groups (broad SMARTS) is 1. The van der Waals surface area contributed by atoms with Gasteiger partial charge in [-0.1, -0.05) is 42.5 Å². The van der Waals surface area contributed by atoms with E-state index in [1.54, 1.807) is 12.1 Å². The number of carbonyl (C=O) groups excluding carboxylic acids is 2. The first kappa shape index (κ1) is 20.6. The summed E-state index contributed by atoms with van der Waals surface area (Å²) in [5.74, 6) is -0.924. The van der Waals surface area contributed by atoms with E-state index in [0.717, 1.165) is 24.1 Å². The standard InChI is InChI=1S/C23H26N2O4/c26-21-7-4-14-25(21)16-18-8-10-19(11-9-18)23(29)24-20(12-13-22(27)28)15-17-5-2-1-3-6-17/h1-3,5-6,8-11,20H,4,7,12-16H2,(H,24,29)(H,27,28). The highest BCUT2D eigenvalue weighted by Gasteiger charge is 2.20. The highest BCUT2D eigenvalue weighted by atomic mass is 16.4. The van der Waals surface area contributed by atoms with Gasteiger partial charge in [-0.2, -0.15) is 0 Å². The third-order valence-electron chi connectivity index (χ3n) is 5.13. The number of carbonyl (C=O) groups is 3. The molecule has 1 saturated heterocycles. The molecule has 2 amide bonds. The minimum atomic E-state index is -0.877. The van der Waals surface area contributed by atoms with E-state index >= 15 is 0 Å². The van der Waals surface area contributed by atoms with Crippen molar-refractivity contribution in [1.82, 2.24) is 10.2 Å². The van der Waals surface area contributed by atoms with Crippen molar-refractivity contribution in [3.05, 3.63) is 71.3 Å². The molecule has 0 saturated carbocycles. The molecule has 0 aromatic heterocycles. The van der Waals surface area contributed by atoms with Crippen LogP contribution in [0.3, 0.4) is 0 Å². The minimum absolute atomic E-state index is 0.000577. The van der Waals surface area contributed by atoms with Gasteiger partial charge >= 0.3 is 5.97 Å². The molecule has 0 aliphatic carbocycles. The SMILES string of the molecule is O=C(O)CCC(Cc1ccccc1)NC(=O)c1ccc(CN2CCCC2=O)cc1. The molecule has 1 atom stereocenters. The Kier molecular flexibility index (Phi) is 7.00. The number of nitrogens with zero attached hydrogens (tertiary/aromatic N) is 1. The summed E-state index contributed by atoms with van der Waals surface area (Å²) in [4.78, 5) is 37.2. The number of benzene rings is 2. The number of nitrogens with one attached hydrogen (secondary N) is 1. The van der Waals surface area contributed by atoms with E-state index in [9.17, 15) is 14.4 Å². The van der Waals surface area contributed by atoms with Crippen LogP contribution in [0.2, 0.25) is 0 Å². The second-order valence-electron chi connectivity index (χ2n) is 7.41. The van der Waals surface area contributed by atoms with Crippen LogP contribution >= 0.6 is 0 Å². The maximum absolute atomic E-state index is 12.7. The Morgan fingerprint density at radius 2 is 1.76 bits per heavy atom. The number of aliphatic carboxylic acids is 1. The Labute approximate surface area is 170 Å². The third kappa shape index (κ3) is 6.17. The van der Waals surface area contributed by atoms with Gasteiger partial charge < -0.3 is 15.3 Å². The zero-order valence-electron chi connectivity index (χ0n) is 16.3. The summed E-state index contributed by atoms with van der Waals surface area (Å²) in [6.45, 7) is 1.35. The molecule has 0 spiro atoms. The number of hydrogen-bond donors (Lipinski definition) is 2. The highest BCUT2D eigenvalue weighted by molar-refractivity contribution is 5.94. The summed E-state index contributed by atoms with van der Waals surface area (Å²) in [7, 11) is 0. The van der Waals surface area contributed by atoms with E-state index in [1.165, 1.54) is 0 Å². The van der Waals surface area contributed by atoms with Gasteiger partial charge in [0.05, 0.1) is 0 Å². The van der Waals surface area contributed by atoms with Crippen molar-refractivity contribution < 1.29 is 19.5 Å². The lowest BCUT2D eigenvalue weighted by Gasteiger charge is -2.19. The number of hydrogen-bond acceptors (Lipinski definition) is 3. The molecule has 1 aliphatic heterocycles. The summed E-state index contributed by atoms with van der Waals surface area (Å²) in [6, 6.07) is 16.7. The van der Waals surface area contributed by atoms with Crippen LogP contribution < -0.4 is 5.32 Å². The molecular weight excluding hydrogens is 368 g/mol. The summed E-state index contributed by atoms with van der Waals surface area (Å²) in [5.41, 5.74) is 2.56. The molecule has 2 aromatic carbocycles. The molecule has 6 heteroatoms. The van der Waals surface area contributed by atoms with Crippen molar-refractivity contribution in [2.45, 2.75) is 44.7 Å². The maximum atomic E-state index is 12.7. The van der Waals surface area contributed by atoms with Gasteiger partial charge in [0.15, 0.2) is 0 Å². The molecule has 1 fully saturated rings. The quantitative estimate of drug-likeness (QED) is 0.684. The van der Waals surface area contributed by atoms with Crippen LogP contribution in [0.25, 0.3) is 0 Å². The normalized spacial score (nSPS) is 14.6. The van der Waals surface area contributed by atoms with Crippen LogP contribution in [-0.2, 0) is 22.6 Å². The Bertz CT molecular complexity index is 849. The summed E-state index contributed by atoms with van der Waals surface area (Å²) in [5, 5.41) is 12.0. The largest absolute Gasteiger partial charge is 0.481 e. The first-order valence-corrected chi connectivity index (χ1v) is 9.94. The van der Waals surface area contributed by atoms with Gasteiger partial charge in [-0.15, -0.1) is 0 Å². The summed E-state index contributed by atoms with van der Waals surface area (Å²) in [6.07, 6.45) is 2.46. The lowest BCUT2D eigenvalue weighted by atomic mass is 10.0. The fourth-order valence-corrected chi connectivity index (χ4v) is 3.54. The van der Waals surface area contributed by atoms with Crippen molar-refractivity contribution in [3.8, 4) is 0 Å². The molecule has 1 aliphatic rings. The van der Waals surface area contributed by atoms with Gasteiger partial charge in [0.1, 0.15) is 0 Å². The topological polar surface area (TPSA) is 86.7 Å².